The molecule has 1 unspecified atom stereocenters. The zero-order chi connectivity index (χ0) is 16.3. The van der Waals surface area contributed by atoms with Crippen LogP contribution >= 0.6 is 0 Å². The number of carbonyl (C=O) groups excluding carboxylic acids is 1. The number of amides is 1. The highest BCUT2D eigenvalue weighted by atomic mass is 16.4. The number of aryl methyl sites for hydroxylation is 1. The number of hydrogen-bond acceptors (Lipinski definition) is 3. The van der Waals surface area contributed by atoms with Crippen molar-refractivity contribution in [2.75, 3.05) is 14.1 Å². The van der Waals surface area contributed by atoms with Gasteiger partial charge < -0.3 is 10.4 Å². The van der Waals surface area contributed by atoms with Crippen LogP contribution in [0.25, 0.3) is 0 Å². The van der Waals surface area contributed by atoms with Crippen molar-refractivity contribution in [2.24, 2.45) is 0 Å². The summed E-state index contributed by atoms with van der Waals surface area (Å²) in [4.78, 5) is 26.2. The SMILES string of the molecule is Cc1ccccc1C(C(=O)NC1(C(=O)O)CCCC1)N(C)C. The Bertz CT molecular complexity index is 563. The van der Waals surface area contributed by atoms with E-state index < -0.39 is 17.6 Å². The van der Waals surface area contributed by atoms with Gasteiger partial charge in [0.2, 0.25) is 5.91 Å². The first kappa shape index (κ1) is 16.5. The van der Waals surface area contributed by atoms with Crippen molar-refractivity contribution in [1.82, 2.24) is 10.2 Å². The number of nitrogens with zero attached hydrogens (tertiary/aromatic N) is 1. The van der Waals surface area contributed by atoms with Gasteiger partial charge in [-0.05, 0) is 45.0 Å². The Morgan fingerprint density at radius 1 is 1.23 bits per heavy atom. The predicted octanol–water partition coefficient (Wildman–Crippen LogP) is 2.11. The lowest BCUT2D eigenvalue weighted by molar-refractivity contribution is -0.148. The summed E-state index contributed by atoms with van der Waals surface area (Å²) in [6, 6.07) is 7.22. The van der Waals surface area contributed by atoms with E-state index in [2.05, 4.69) is 5.32 Å². The van der Waals surface area contributed by atoms with Gasteiger partial charge in [-0.3, -0.25) is 9.69 Å². The standard InChI is InChI=1S/C17H24N2O3/c1-12-8-4-5-9-13(12)14(19(2)3)15(20)18-17(16(21)22)10-6-7-11-17/h4-5,8-9,14H,6-7,10-11H2,1-3H3,(H,18,20)(H,21,22). The van der Waals surface area contributed by atoms with Crippen LogP contribution in [0.15, 0.2) is 24.3 Å². The van der Waals surface area contributed by atoms with Gasteiger partial charge in [-0.25, -0.2) is 4.79 Å². The summed E-state index contributed by atoms with van der Waals surface area (Å²) >= 11 is 0. The van der Waals surface area contributed by atoms with Crippen molar-refractivity contribution in [1.29, 1.82) is 0 Å². The van der Waals surface area contributed by atoms with Gasteiger partial charge >= 0.3 is 5.97 Å². The summed E-state index contributed by atoms with van der Waals surface area (Å²) in [7, 11) is 3.66. The van der Waals surface area contributed by atoms with Crippen LogP contribution in [-0.4, -0.2) is 41.5 Å². The minimum atomic E-state index is -1.10. The molecule has 2 rings (SSSR count). The molecular formula is C17H24N2O3. The zero-order valence-corrected chi connectivity index (χ0v) is 13.4. The summed E-state index contributed by atoms with van der Waals surface area (Å²) in [6.45, 7) is 1.96. The maximum atomic E-state index is 12.8. The Labute approximate surface area is 131 Å². The molecule has 0 heterocycles. The summed E-state index contributed by atoms with van der Waals surface area (Å²) < 4.78 is 0. The fourth-order valence-corrected chi connectivity index (χ4v) is 3.22. The molecule has 0 aromatic heterocycles. The highest BCUT2D eigenvalue weighted by Crippen LogP contribution is 2.31. The van der Waals surface area contributed by atoms with Gasteiger partial charge in [0.05, 0.1) is 0 Å². The normalized spacial score (nSPS) is 18.2. The molecule has 1 aliphatic rings. The topological polar surface area (TPSA) is 69.6 Å². The molecule has 1 saturated carbocycles. The first-order chi connectivity index (χ1) is 10.4. The monoisotopic (exact) mass is 304 g/mol. The van der Waals surface area contributed by atoms with Crippen LogP contribution in [0.3, 0.4) is 0 Å². The molecule has 1 amide bonds. The fraction of sp³-hybridized carbons (Fsp3) is 0.529. The summed E-state index contributed by atoms with van der Waals surface area (Å²) in [5.41, 5.74) is 0.823. The van der Waals surface area contributed by atoms with Crippen molar-refractivity contribution in [3.63, 3.8) is 0 Å². The zero-order valence-electron chi connectivity index (χ0n) is 13.4. The smallest absolute Gasteiger partial charge is 0.329 e. The molecule has 120 valence electrons. The second-order valence-corrected chi connectivity index (χ2v) is 6.31. The summed E-state index contributed by atoms with van der Waals surface area (Å²) in [5, 5.41) is 12.3. The third kappa shape index (κ3) is 3.14. The average Bonchev–Trinajstić information content (AvgIpc) is 2.90. The molecule has 0 saturated heterocycles. The van der Waals surface area contributed by atoms with Crippen LogP contribution in [0.5, 0.6) is 0 Å². The van der Waals surface area contributed by atoms with Gasteiger partial charge in [0.15, 0.2) is 0 Å². The van der Waals surface area contributed by atoms with Gasteiger partial charge in [0, 0.05) is 0 Å². The minimum Gasteiger partial charge on any atom is -0.480 e. The summed E-state index contributed by atoms with van der Waals surface area (Å²) in [6.07, 6.45) is 2.68. The van der Waals surface area contributed by atoms with E-state index in [1.54, 1.807) is 0 Å². The van der Waals surface area contributed by atoms with Crippen LogP contribution in [0, 0.1) is 6.92 Å². The molecule has 0 spiro atoms. The number of nitrogens with one attached hydrogen (secondary N) is 1. The number of carbonyl (C=O) groups is 2. The highest BCUT2D eigenvalue weighted by molar-refractivity contribution is 5.90. The third-order valence-corrected chi connectivity index (χ3v) is 4.48. The number of carboxylic acids is 1. The van der Waals surface area contributed by atoms with Gasteiger partial charge in [-0.2, -0.15) is 0 Å². The predicted molar refractivity (Wildman–Crippen MR) is 84.6 cm³/mol. The van der Waals surface area contributed by atoms with E-state index in [4.69, 9.17) is 0 Å². The lowest BCUT2D eigenvalue weighted by atomic mass is 9.94. The number of likely N-dealkylation sites (N-methyl/N-ethyl adjacent to an activating group) is 1. The van der Waals surface area contributed by atoms with Gasteiger partial charge in [-0.1, -0.05) is 37.1 Å². The Kier molecular flexibility index (Phi) is 4.86. The first-order valence-corrected chi connectivity index (χ1v) is 7.65. The number of hydrogen-bond donors (Lipinski definition) is 2. The van der Waals surface area contributed by atoms with Crippen LogP contribution in [-0.2, 0) is 9.59 Å². The quantitative estimate of drug-likeness (QED) is 0.874. The molecule has 1 aromatic rings. The number of carboxylic acid groups (broad SMARTS) is 1. The molecule has 1 fully saturated rings. The first-order valence-electron chi connectivity index (χ1n) is 7.65. The van der Waals surface area contributed by atoms with Crippen LogP contribution in [0.1, 0.15) is 42.9 Å². The maximum absolute atomic E-state index is 12.8. The van der Waals surface area contributed by atoms with Crippen molar-refractivity contribution < 1.29 is 14.7 Å². The molecule has 0 aliphatic heterocycles. The molecule has 0 radical (unpaired) electrons. The molecule has 1 aliphatic carbocycles. The summed E-state index contributed by atoms with van der Waals surface area (Å²) in [5.74, 6) is -1.18. The van der Waals surface area contributed by atoms with Crippen molar-refractivity contribution in [2.45, 2.75) is 44.2 Å². The molecular weight excluding hydrogens is 280 g/mol. The molecule has 2 N–H and O–H groups in total. The van der Waals surface area contributed by atoms with Gasteiger partial charge in [-0.15, -0.1) is 0 Å². The van der Waals surface area contributed by atoms with Gasteiger partial charge in [0.1, 0.15) is 11.6 Å². The Morgan fingerprint density at radius 3 is 2.32 bits per heavy atom. The van der Waals surface area contributed by atoms with E-state index in [0.29, 0.717) is 12.8 Å². The van der Waals surface area contributed by atoms with Crippen LogP contribution in [0.2, 0.25) is 0 Å². The fourth-order valence-electron chi connectivity index (χ4n) is 3.22. The Morgan fingerprint density at radius 2 is 1.82 bits per heavy atom. The molecule has 5 heteroatoms. The average molecular weight is 304 g/mol. The maximum Gasteiger partial charge on any atom is 0.329 e. The van der Waals surface area contributed by atoms with E-state index >= 15 is 0 Å². The second-order valence-electron chi connectivity index (χ2n) is 6.31. The van der Waals surface area contributed by atoms with Crippen molar-refractivity contribution in [3.8, 4) is 0 Å². The Hall–Kier alpha value is -1.88. The minimum absolute atomic E-state index is 0.247. The van der Waals surface area contributed by atoms with E-state index in [1.807, 2.05) is 50.2 Å². The van der Waals surface area contributed by atoms with E-state index in [0.717, 1.165) is 24.0 Å². The molecule has 22 heavy (non-hydrogen) atoms. The molecule has 5 nitrogen and oxygen atoms in total. The largest absolute Gasteiger partial charge is 0.480 e. The van der Waals surface area contributed by atoms with E-state index in [1.165, 1.54) is 0 Å². The van der Waals surface area contributed by atoms with E-state index in [-0.39, 0.29) is 5.91 Å². The molecule has 1 atom stereocenters. The number of benzene rings is 1. The molecule has 0 bridgehead atoms. The Balaban J connectivity index is 2.28. The number of aliphatic carboxylic acids is 1. The van der Waals surface area contributed by atoms with Gasteiger partial charge in [0.25, 0.3) is 0 Å². The highest BCUT2D eigenvalue weighted by Gasteiger charge is 2.44. The second kappa shape index (κ2) is 6.48. The third-order valence-electron chi connectivity index (χ3n) is 4.48. The van der Waals surface area contributed by atoms with E-state index in [9.17, 15) is 14.7 Å². The van der Waals surface area contributed by atoms with Crippen molar-refractivity contribution in [3.05, 3.63) is 35.4 Å². The lowest BCUT2D eigenvalue weighted by Gasteiger charge is -2.31. The lowest BCUT2D eigenvalue weighted by Crippen LogP contribution is -2.55. The van der Waals surface area contributed by atoms with Crippen molar-refractivity contribution >= 4 is 11.9 Å². The van der Waals surface area contributed by atoms with Crippen LogP contribution in [0.4, 0.5) is 0 Å². The van der Waals surface area contributed by atoms with Crippen LogP contribution < -0.4 is 5.32 Å². The molecule has 1 aromatic carbocycles. The number of rotatable bonds is 5.